The van der Waals surface area contributed by atoms with Crippen molar-refractivity contribution in [3.63, 3.8) is 0 Å². The third-order valence-corrected chi connectivity index (χ3v) is 15.1. The van der Waals surface area contributed by atoms with Gasteiger partial charge in [-0.25, -0.2) is 0 Å². The molecule has 0 saturated heterocycles. The average molecular weight is 807 g/mol. The Morgan fingerprint density at radius 3 is 0.794 bits per heavy atom. The summed E-state index contributed by atoms with van der Waals surface area (Å²) in [4.78, 5) is 0. The molecule has 0 heteroatoms. The Morgan fingerprint density at radius 2 is 0.444 bits per heavy atom. The van der Waals surface area contributed by atoms with E-state index in [0.29, 0.717) is 0 Å². The molecule has 0 saturated carbocycles. The number of fused-ring (bicyclic) bond motifs is 9. The van der Waals surface area contributed by atoms with E-state index in [2.05, 4.69) is 236 Å². The summed E-state index contributed by atoms with van der Waals surface area (Å²) in [6.07, 6.45) is 0. The summed E-state index contributed by atoms with van der Waals surface area (Å²) in [6, 6.07) is 73.3. The Kier molecular flexibility index (Phi) is 8.08. The maximum absolute atomic E-state index is 2.48. The van der Waals surface area contributed by atoms with E-state index in [4.69, 9.17) is 0 Å². The van der Waals surface area contributed by atoms with Gasteiger partial charge in [0.25, 0.3) is 0 Å². The molecule has 9 aromatic rings. The minimum absolute atomic E-state index is 0.0222. The second-order valence-electron chi connectivity index (χ2n) is 19.8. The molecule has 0 spiro atoms. The highest BCUT2D eigenvalue weighted by Gasteiger charge is 2.39. The van der Waals surface area contributed by atoms with Crippen LogP contribution in [0.15, 0.2) is 194 Å². The molecule has 0 N–H and O–H groups in total. The molecule has 3 aliphatic rings. The number of hydrogen-bond donors (Lipinski definition) is 0. The van der Waals surface area contributed by atoms with Gasteiger partial charge in [0, 0.05) is 16.2 Å². The highest BCUT2D eigenvalue weighted by molar-refractivity contribution is 5.90. The van der Waals surface area contributed by atoms with Crippen LogP contribution in [0, 0.1) is 0 Å². The van der Waals surface area contributed by atoms with Crippen molar-refractivity contribution in [3.05, 3.63) is 228 Å². The van der Waals surface area contributed by atoms with Crippen molar-refractivity contribution in [2.24, 2.45) is 0 Å². The first-order valence-electron chi connectivity index (χ1n) is 22.6. The first kappa shape index (κ1) is 37.7. The quantitative estimate of drug-likeness (QED) is 0.163. The van der Waals surface area contributed by atoms with Gasteiger partial charge in [-0.2, -0.15) is 0 Å². The van der Waals surface area contributed by atoms with Gasteiger partial charge in [-0.3, -0.25) is 0 Å². The molecule has 0 aliphatic heterocycles. The molecular formula is C63H50. The first-order valence-corrected chi connectivity index (χ1v) is 22.6. The summed E-state index contributed by atoms with van der Waals surface area (Å²) in [7, 11) is 0. The molecule has 0 radical (unpaired) electrons. The lowest BCUT2D eigenvalue weighted by Crippen LogP contribution is -2.16. The van der Waals surface area contributed by atoms with Crippen LogP contribution in [0.1, 0.15) is 74.9 Å². The Balaban J connectivity index is 0.872. The fourth-order valence-corrected chi connectivity index (χ4v) is 11.5. The van der Waals surface area contributed by atoms with Crippen molar-refractivity contribution in [2.45, 2.75) is 57.8 Å². The van der Waals surface area contributed by atoms with Crippen LogP contribution < -0.4 is 0 Å². The lowest BCUT2D eigenvalue weighted by molar-refractivity contribution is 0.659. The summed E-state index contributed by atoms with van der Waals surface area (Å²) in [5.41, 5.74) is 28.8. The molecule has 302 valence electrons. The Morgan fingerprint density at radius 1 is 0.190 bits per heavy atom. The third kappa shape index (κ3) is 5.67. The Labute approximate surface area is 372 Å². The van der Waals surface area contributed by atoms with Gasteiger partial charge < -0.3 is 0 Å². The SMILES string of the molecule is CC1(C)c2ccccc2-c2ccc(-c3ccc4c(c3)C(C)(C)c3cc(-c5ccc6c(c5)C(C)(C)c5cc(-c7cc(-c8ccccc8)cc(-c8ccccc8)c7)ccc5-6)ccc3-4)cc21. The van der Waals surface area contributed by atoms with E-state index in [0.717, 1.165) is 0 Å². The minimum Gasteiger partial charge on any atom is -0.0622 e. The van der Waals surface area contributed by atoms with Crippen LogP contribution in [0.2, 0.25) is 0 Å². The summed E-state index contributed by atoms with van der Waals surface area (Å²) in [5, 5.41) is 0. The van der Waals surface area contributed by atoms with E-state index in [1.54, 1.807) is 0 Å². The van der Waals surface area contributed by atoms with Gasteiger partial charge in [-0.15, -0.1) is 0 Å². The standard InChI is InChI=1S/C63H50/c1-61(2)55-20-14-13-19-49(55)50-26-21-41(34-56(50)61)42-22-27-51-52-28-23-43(36-58(52)62(3,4)57(51)35-42)44-24-29-53-54-30-25-45(38-60(54)63(5,6)59(53)37-44)48-32-46(39-15-9-7-10-16-39)31-47(33-48)40-17-11-8-12-18-40/h7-38H,1-6H3. The molecule has 3 aliphatic carbocycles. The monoisotopic (exact) mass is 806 g/mol. The topological polar surface area (TPSA) is 0 Å². The van der Waals surface area contributed by atoms with E-state index in [1.165, 1.54) is 122 Å². The largest absolute Gasteiger partial charge is 0.0622 e. The summed E-state index contributed by atoms with van der Waals surface area (Å²) >= 11 is 0. The molecule has 0 aromatic heterocycles. The highest BCUT2D eigenvalue weighted by Crippen LogP contribution is 2.54. The lowest BCUT2D eigenvalue weighted by Gasteiger charge is -2.24. The van der Waals surface area contributed by atoms with Crippen molar-refractivity contribution < 1.29 is 0 Å². The van der Waals surface area contributed by atoms with E-state index < -0.39 is 0 Å². The zero-order valence-corrected chi connectivity index (χ0v) is 37.0. The number of hydrogen-bond acceptors (Lipinski definition) is 0. The van der Waals surface area contributed by atoms with E-state index in [9.17, 15) is 0 Å². The lowest BCUT2D eigenvalue weighted by atomic mass is 9.79. The Hall–Kier alpha value is -7.02. The minimum atomic E-state index is -0.159. The molecule has 0 unspecified atom stereocenters. The van der Waals surface area contributed by atoms with Crippen molar-refractivity contribution in [3.8, 4) is 89.0 Å². The van der Waals surface area contributed by atoms with Gasteiger partial charge in [0.15, 0.2) is 0 Å². The van der Waals surface area contributed by atoms with E-state index in [-0.39, 0.29) is 16.2 Å². The highest BCUT2D eigenvalue weighted by atomic mass is 14.4. The van der Waals surface area contributed by atoms with E-state index >= 15 is 0 Å². The van der Waals surface area contributed by atoms with Crippen molar-refractivity contribution >= 4 is 0 Å². The van der Waals surface area contributed by atoms with Crippen molar-refractivity contribution in [2.75, 3.05) is 0 Å². The zero-order valence-electron chi connectivity index (χ0n) is 37.0. The van der Waals surface area contributed by atoms with Crippen LogP contribution in [0.5, 0.6) is 0 Å². The van der Waals surface area contributed by atoms with Gasteiger partial charge in [0.1, 0.15) is 0 Å². The van der Waals surface area contributed by atoms with Crippen LogP contribution in [0.25, 0.3) is 89.0 Å². The predicted molar refractivity (Wildman–Crippen MR) is 266 cm³/mol. The van der Waals surface area contributed by atoms with Crippen molar-refractivity contribution in [1.82, 2.24) is 0 Å². The average Bonchev–Trinajstić information content (AvgIpc) is 3.80. The fraction of sp³-hybridized carbons (Fsp3) is 0.143. The summed E-state index contributed by atoms with van der Waals surface area (Å²) < 4.78 is 0. The van der Waals surface area contributed by atoms with Crippen LogP contribution >= 0.6 is 0 Å². The van der Waals surface area contributed by atoms with Gasteiger partial charge in [0.05, 0.1) is 0 Å². The maximum Gasteiger partial charge on any atom is 0.0159 e. The van der Waals surface area contributed by atoms with Crippen LogP contribution in [0.4, 0.5) is 0 Å². The molecule has 0 heterocycles. The molecular weight excluding hydrogens is 757 g/mol. The van der Waals surface area contributed by atoms with Gasteiger partial charge in [-0.05, 0) is 171 Å². The van der Waals surface area contributed by atoms with E-state index in [1.807, 2.05) is 0 Å². The smallest absolute Gasteiger partial charge is 0.0159 e. The summed E-state index contributed by atoms with van der Waals surface area (Å²) in [6.45, 7) is 14.4. The molecule has 0 fully saturated rings. The fourth-order valence-electron chi connectivity index (χ4n) is 11.5. The molecule has 0 amide bonds. The first-order chi connectivity index (χ1) is 30.5. The third-order valence-electron chi connectivity index (χ3n) is 15.1. The molecule has 63 heavy (non-hydrogen) atoms. The second-order valence-corrected chi connectivity index (χ2v) is 19.8. The molecule has 0 nitrogen and oxygen atoms in total. The van der Waals surface area contributed by atoms with Gasteiger partial charge in [-0.1, -0.05) is 187 Å². The number of rotatable bonds is 5. The number of benzene rings is 9. The zero-order chi connectivity index (χ0) is 42.8. The second kappa shape index (κ2) is 13.5. The maximum atomic E-state index is 2.48. The van der Waals surface area contributed by atoms with Gasteiger partial charge in [0.2, 0.25) is 0 Å². The molecule has 9 aromatic carbocycles. The molecule has 12 rings (SSSR count). The predicted octanol–water partition coefficient (Wildman–Crippen LogP) is 16.9. The van der Waals surface area contributed by atoms with Crippen LogP contribution in [-0.2, 0) is 16.2 Å². The molecule has 0 bridgehead atoms. The molecule has 0 atom stereocenters. The summed E-state index contributed by atoms with van der Waals surface area (Å²) in [5.74, 6) is 0. The van der Waals surface area contributed by atoms with Crippen LogP contribution in [0.3, 0.4) is 0 Å². The van der Waals surface area contributed by atoms with Crippen molar-refractivity contribution in [1.29, 1.82) is 0 Å². The Bertz CT molecular complexity index is 3280. The normalized spacial score (nSPS) is 15.2. The van der Waals surface area contributed by atoms with Crippen LogP contribution in [-0.4, -0.2) is 0 Å². The van der Waals surface area contributed by atoms with Gasteiger partial charge >= 0.3 is 0 Å².